The molecule has 0 aliphatic carbocycles. The molecule has 1 aromatic rings. The summed E-state index contributed by atoms with van der Waals surface area (Å²) >= 11 is 3.70. The maximum absolute atomic E-state index is 4.53. The van der Waals surface area contributed by atoms with E-state index in [4.69, 9.17) is 0 Å². The van der Waals surface area contributed by atoms with Crippen LogP contribution in [0.5, 0.6) is 0 Å². The van der Waals surface area contributed by atoms with E-state index in [1.165, 1.54) is 12.1 Å². The third kappa shape index (κ3) is 3.69. The van der Waals surface area contributed by atoms with Crippen LogP contribution in [0.2, 0.25) is 0 Å². The summed E-state index contributed by atoms with van der Waals surface area (Å²) in [5.74, 6) is 0. The minimum Gasteiger partial charge on any atom is -0.311 e. The quantitative estimate of drug-likeness (QED) is 0.903. The van der Waals surface area contributed by atoms with Crippen LogP contribution < -0.4 is 5.32 Å². The van der Waals surface area contributed by atoms with Crippen LogP contribution in [0.25, 0.3) is 0 Å². The van der Waals surface area contributed by atoms with E-state index in [1.54, 1.807) is 0 Å². The van der Waals surface area contributed by atoms with Crippen molar-refractivity contribution in [3.05, 3.63) is 15.9 Å². The van der Waals surface area contributed by atoms with Crippen LogP contribution in [0.3, 0.4) is 0 Å². The monoisotopic (exact) mass is 356 g/mol. The first-order chi connectivity index (χ1) is 9.74. The van der Waals surface area contributed by atoms with Crippen molar-refractivity contribution >= 4 is 15.9 Å². The molecule has 2 unspecified atom stereocenters. The zero-order chi connectivity index (χ0) is 15.8. The summed E-state index contributed by atoms with van der Waals surface area (Å²) in [6.07, 6.45) is 1.18. The minimum atomic E-state index is 0.270. The molecule has 1 N–H and O–H groups in total. The van der Waals surface area contributed by atoms with Gasteiger partial charge >= 0.3 is 0 Å². The normalized spacial score (nSPS) is 24.5. The van der Waals surface area contributed by atoms with Crippen LogP contribution in [-0.2, 0) is 13.6 Å². The molecule has 21 heavy (non-hydrogen) atoms. The van der Waals surface area contributed by atoms with Crippen molar-refractivity contribution < 1.29 is 0 Å². The Kier molecular flexibility index (Phi) is 5.16. The third-order valence-corrected chi connectivity index (χ3v) is 5.63. The van der Waals surface area contributed by atoms with E-state index in [2.05, 4.69) is 65.9 Å². The number of piperazine rings is 1. The lowest BCUT2D eigenvalue weighted by Gasteiger charge is -2.46. The molecule has 0 aromatic carbocycles. The first kappa shape index (κ1) is 17.0. The van der Waals surface area contributed by atoms with Gasteiger partial charge in [-0.3, -0.25) is 9.58 Å². The molecule has 0 bridgehead atoms. The number of hydrogen-bond acceptors (Lipinski definition) is 3. The third-order valence-electron chi connectivity index (χ3n) is 4.60. The van der Waals surface area contributed by atoms with E-state index in [0.717, 1.165) is 29.8 Å². The molecule has 4 nitrogen and oxygen atoms in total. The zero-order valence-electron chi connectivity index (χ0n) is 14.2. The molecule has 2 atom stereocenters. The van der Waals surface area contributed by atoms with Crippen LogP contribution in [-0.4, -0.2) is 39.9 Å². The van der Waals surface area contributed by atoms with Crippen LogP contribution in [0.4, 0.5) is 0 Å². The van der Waals surface area contributed by atoms with Gasteiger partial charge < -0.3 is 5.32 Å². The highest BCUT2D eigenvalue weighted by Gasteiger charge is 2.35. The van der Waals surface area contributed by atoms with Gasteiger partial charge in [-0.05, 0) is 34.7 Å². The SMILES string of the molecule is CCC1CN(Cc2c(Br)c(C)nn2C)C(C(C)(C)C)CN1. The van der Waals surface area contributed by atoms with Crippen molar-refractivity contribution in [2.24, 2.45) is 12.5 Å². The van der Waals surface area contributed by atoms with Gasteiger partial charge in [0.2, 0.25) is 0 Å². The second-order valence-electron chi connectivity index (χ2n) is 7.29. The predicted molar refractivity (Wildman–Crippen MR) is 91.4 cm³/mol. The van der Waals surface area contributed by atoms with Crippen molar-refractivity contribution in [3.63, 3.8) is 0 Å². The number of rotatable bonds is 3. The molecule has 0 saturated carbocycles. The summed E-state index contributed by atoms with van der Waals surface area (Å²) in [6, 6.07) is 1.14. The summed E-state index contributed by atoms with van der Waals surface area (Å²) in [4.78, 5) is 2.63. The fourth-order valence-electron chi connectivity index (χ4n) is 3.23. The van der Waals surface area contributed by atoms with E-state index < -0.39 is 0 Å². The van der Waals surface area contributed by atoms with E-state index in [-0.39, 0.29) is 5.41 Å². The fourth-order valence-corrected chi connectivity index (χ4v) is 3.69. The number of aromatic nitrogens is 2. The summed E-state index contributed by atoms with van der Waals surface area (Å²) < 4.78 is 3.17. The van der Waals surface area contributed by atoms with Crippen LogP contribution >= 0.6 is 15.9 Å². The molecule has 2 rings (SSSR count). The molecule has 0 radical (unpaired) electrons. The average molecular weight is 357 g/mol. The number of halogens is 1. The highest BCUT2D eigenvalue weighted by atomic mass is 79.9. The Morgan fingerprint density at radius 3 is 2.52 bits per heavy atom. The molecule has 1 fully saturated rings. The van der Waals surface area contributed by atoms with Gasteiger partial charge in [0.25, 0.3) is 0 Å². The van der Waals surface area contributed by atoms with E-state index in [1.807, 2.05) is 11.7 Å². The van der Waals surface area contributed by atoms with E-state index in [9.17, 15) is 0 Å². The molecular weight excluding hydrogens is 328 g/mol. The Morgan fingerprint density at radius 1 is 1.38 bits per heavy atom. The van der Waals surface area contributed by atoms with Crippen molar-refractivity contribution in [1.29, 1.82) is 0 Å². The lowest BCUT2D eigenvalue weighted by molar-refractivity contribution is 0.0465. The zero-order valence-corrected chi connectivity index (χ0v) is 15.8. The van der Waals surface area contributed by atoms with Crippen molar-refractivity contribution in [1.82, 2.24) is 20.0 Å². The molecule has 0 amide bonds. The predicted octanol–water partition coefficient (Wildman–Crippen LogP) is 3.09. The van der Waals surface area contributed by atoms with Crippen molar-refractivity contribution in [2.45, 2.75) is 59.7 Å². The maximum atomic E-state index is 4.53. The average Bonchev–Trinajstić information content (AvgIpc) is 2.64. The van der Waals surface area contributed by atoms with Crippen LogP contribution in [0, 0.1) is 12.3 Å². The fraction of sp³-hybridized carbons (Fsp3) is 0.812. The lowest BCUT2D eigenvalue weighted by Crippen LogP contribution is -2.60. The Labute approximate surface area is 137 Å². The Hall–Kier alpha value is -0.390. The molecule has 5 heteroatoms. The topological polar surface area (TPSA) is 33.1 Å². The molecule has 0 spiro atoms. The Balaban J connectivity index is 2.23. The minimum absolute atomic E-state index is 0.270. The molecule has 1 aliphatic heterocycles. The smallest absolute Gasteiger partial charge is 0.0739 e. The summed E-state index contributed by atoms with van der Waals surface area (Å²) in [5.41, 5.74) is 2.62. The highest BCUT2D eigenvalue weighted by Crippen LogP contribution is 2.30. The number of nitrogens with zero attached hydrogens (tertiary/aromatic N) is 3. The van der Waals surface area contributed by atoms with E-state index >= 15 is 0 Å². The number of hydrogen-bond donors (Lipinski definition) is 1. The second kappa shape index (κ2) is 6.39. The summed E-state index contributed by atoms with van der Waals surface area (Å²) in [5, 5.41) is 8.23. The van der Waals surface area contributed by atoms with Gasteiger partial charge in [-0.25, -0.2) is 0 Å². The van der Waals surface area contributed by atoms with Crippen molar-refractivity contribution in [2.75, 3.05) is 13.1 Å². The summed E-state index contributed by atoms with van der Waals surface area (Å²) in [7, 11) is 2.04. The van der Waals surface area contributed by atoms with Gasteiger partial charge in [0.15, 0.2) is 0 Å². The number of nitrogens with one attached hydrogen (secondary N) is 1. The summed E-state index contributed by atoms with van der Waals surface area (Å²) in [6.45, 7) is 14.5. The van der Waals surface area contributed by atoms with Gasteiger partial charge in [-0.1, -0.05) is 27.7 Å². The van der Waals surface area contributed by atoms with Gasteiger partial charge in [0.05, 0.1) is 15.9 Å². The van der Waals surface area contributed by atoms with Gasteiger partial charge in [-0.2, -0.15) is 5.10 Å². The molecule has 1 aliphatic rings. The molecule has 1 aromatic heterocycles. The largest absolute Gasteiger partial charge is 0.311 e. The van der Waals surface area contributed by atoms with Gasteiger partial charge in [0.1, 0.15) is 0 Å². The van der Waals surface area contributed by atoms with Gasteiger partial charge in [0, 0.05) is 38.8 Å². The van der Waals surface area contributed by atoms with Crippen molar-refractivity contribution in [3.8, 4) is 0 Å². The first-order valence-corrected chi connectivity index (χ1v) is 8.68. The maximum Gasteiger partial charge on any atom is 0.0739 e. The highest BCUT2D eigenvalue weighted by molar-refractivity contribution is 9.10. The number of aryl methyl sites for hydroxylation is 2. The molecule has 2 heterocycles. The first-order valence-electron chi connectivity index (χ1n) is 7.89. The van der Waals surface area contributed by atoms with Gasteiger partial charge in [-0.15, -0.1) is 0 Å². The Morgan fingerprint density at radius 2 is 2.05 bits per heavy atom. The standard InChI is InChI=1S/C16H29BrN4/c1-7-12-9-21(14(8-18-12)16(3,4)5)10-13-15(17)11(2)19-20(13)6/h12,14,18H,7-10H2,1-6H3. The lowest BCUT2D eigenvalue weighted by atomic mass is 9.83. The molecule has 1 saturated heterocycles. The Bertz CT molecular complexity index is 489. The second-order valence-corrected chi connectivity index (χ2v) is 8.09. The molecule has 120 valence electrons. The van der Waals surface area contributed by atoms with E-state index in [0.29, 0.717) is 12.1 Å². The molecular formula is C16H29BrN4. The van der Waals surface area contributed by atoms with Crippen LogP contribution in [0.1, 0.15) is 45.5 Å². The van der Waals surface area contributed by atoms with Crippen LogP contribution in [0.15, 0.2) is 4.47 Å².